The topological polar surface area (TPSA) is 71.5 Å². The van der Waals surface area contributed by atoms with Gasteiger partial charge in [0.05, 0.1) is 39.6 Å². The van der Waals surface area contributed by atoms with Gasteiger partial charge < -0.3 is 24.4 Å². The van der Waals surface area contributed by atoms with Crippen LogP contribution in [0.5, 0.6) is 0 Å². The van der Waals surface area contributed by atoms with Gasteiger partial charge in [-0.3, -0.25) is 0 Å². The molecule has 5 heteroatoms. The van der Waals surface area contributed by atoms with Gasteiger partial charge in [0.15, 0.2) is 0 Å². The minimum atomic E-state index is 0.0911. The van der Waals surface area contributed by atoms with Crippen LogP contribution >= 0.6 is 0 Å². The van der Waals surface area contributed by atoms with Gasteiger partial charge in [-0.1, -0.05) is 12.2 Å². The molecule has 1 heterocycles. The zero-order valence-corrected chi connectivity index (χ0v) is 10.5. The van der Waals surface area contributed by atoms with Crippen LogP contribution in [0, 0.1) is 0 Å². The number of hydrogen-bond donors (Lipinski definition) is 2. The molecule has 2 N–H and O–H groups in total. The average Bonchev–Trinajstić information content (AvgIpc) is 3.18. The van der Waals surface area contributed by atoms with Gasteiger partial charge in [0.2, 0.25) is 0 Å². The fourth-order valence-electron chi connectivity index (χ4n) is 0.678. The Morgan fingerprint density at radius 1 is 1.24 bits per heavy atom. The Morgan fingerprint density at radius 3 is 2.18 bits per heavy atom. The molecule has 1 unspecified atom stereocenters. The van der Waals surface area contributed by atoms with Gasteiger partial charge in [-0.05, 0) is 0 Å². The van der Waals surface area contributed by atoms with Crippen molar-refractivity contribution in [3.8, 4) is 0 Å². The summed E-state index contributed by atoms with van der Waals surface area (Å²) in [6.45, 7) is 10.2. The van der Waals surface area contributed by atoms with Crippen molar-refractivity contribution in [2.75, 3.05) is 46.8 Å². The number of epoxide rings is 1. The van der Waals surface area contributed by atoms with Gasteiger partial charge >= 0.3 is 0 Å². The molecule has 1 rings (SSSR count). The lowest BCUT2D eigenvalue weighted by molar-refractivity contribution is 0.112. The normalized spacial score (nSPS) is 15.8. The van der Waals surface area contributed by atoms with E-state index in [0.717, 1.165) is 20.3 Å². The number of ether oxygens (including phenoxy) is 3. The molecular formula is C12H24O5. The first kappa shape index (κ1) is 18.6. The molecule has 17 heavy (non-hydrogen) atoms. The lowest BCUT2D eigenvalue weighted by Crippen LogP contribution is -2.00. The highest BCUT2D eigenvalue weighted by Crippen LogP contribution is 2.07. The smallest absolute Gasteiger partial charge is 0.104 e. The minimum Gasteiger partial charge on any atom is -0.400 e. The Balaban J connectivity index is 0. The van der Waals surface area contributed by atoms with Crippen LogP contribution in [0.4, 0.5) is 0 Å². The Kier molecular flexibility index (Phi) is 19.4. The van der Waals surface area contributed by atoms with Crippen LogP contribution in [0.2, 0.25) is 0 Å². The van der Waals surface area contributed by atoms with Crippen LogP contribution in [0.3, 0.4) is 0 Å². The van der Waals surface area contributed by atoms with E-state index in [2.05, 4.69) is 13.2 Å². The van der Waals surface area contributed by atoms with E-state index in [1.165, 1.54) is 0 Å². The van der Waals surface area contributed by atoms with Gasteiger partial charge in [0.25, 0.3) is 0 Å². The fourth-order valence-corrected chi connectivity index (χ4v) is 0.678. The molecule has 0 radical (unpaired) electrons. The minimum absolute atomic E-state index is 0.0911. The van der Waals surface area contributed by atoms with E-state index in [1.807, 2.05) is 0 Å². The second-order valence-electron chi connectivity index (χ2n) is 2.87. The van der Waals surface area contributed by atoms with E-state index in [4.69, 9.17) is 24.4 Å². The lowest BCUT2D eigenvalue weighted by Gasteiger charge is -1.92. The summed E-state index contributed by atoms with van der Waals surface area (Å²) in [7, 11) is 1.00. The third-order valence-electron chi connectivity index (χ3n) is 1.41. The second-order valence-corrected chi connectivity index (χ2v) is 2.87. The van der Waals surface area contributed by atoms with E-state index in [9.17, 15) is 0 Å². The molecule has 5 nitrogen and oxygen atoms in total. The summed E-state index contributed by atoms with van der Waals surface area (Å²) in [5.41, 5.74) is 0. The standard InChI is InChI=1S/C6H10O2.C5H10O2.CH4O/c1-2-3-7-4-6-5-8-6;1-2-4-7-5-3-6;1-2/h2,6H,1,3-5H2;2,6H,1,3-5H2;2H,1H3. The summed E-state index contributed by atoms with van der Waals surface area (Å²) in [4.78, 5) is 0. The molecule has 0 amide bonds. The molecule has 0 aromatic heterocycles. The molecule has 1 aliphatic heterocycles. The van der Waals surface area contributed by atoms with Gasteiger partial charge in [-0.15, -0.1) is 13.2 Å². The van der Waals surface area contributed by atoms with Gasteiger partial charge in [0.1, 0.15) is 6.10 Å². The Bertz CT molecular complexity index is 157. The van der Waals surface area contributed by atoms with Crippen molar-refractivity contribution in [1.29, 1.82) is 0 Å². The molecule has 0 bridgehead atoms. The maximum absolute atomic E-state index is 8.13. The zero-order valence-electron chi connectivity index (χ0n) is 10.5. The molecule has 0 aliphatic carbocycles. The van der Waals surface area contributed by atoms with Crippen molar-refractivity contribution < 1.29 is 24.4 Å². The molecule has 1 saturated heterocycles. The first-order valence-electron chi connectivity index (χ1n) is 5.39. The summed E-state index contributed by atoms with van der Waals surface area (Å²) < 4.78 is 14.7. The number of hydrogen-bond acceptors (Lipinski definition) is 5. The van der Waals surface area contributed by atoms with E-state index in [-0.39, 0.29) is 6.61 Å². The van der Waals surface area contributed by atoms with Crippen molar-refractivity contribution in [2.24, 2.45) is 0 Å². The summed E-state index contributed by atoms with van der Waals surface area (Å²) in [5.74, 6) is 0. The van der Waals surface area contributed by atoms with Crippen molar-refractivity contribution in [1.82, 2.24) is 0 Å². The van der Waals surface area contributed by atoms with Gasteiger partial charge in [0, 0.05) is 7.11 Å². The second kappa shape index (κ2) is 17.7. The van der Waals surface area contributed by atoms with Crippen molar-refractivity contribution >= 4 is 0 Å². The van der Waals surface area contributed by atoms with Crippen LogP contribution in [0.1, 0.15) is 0 Å². The molecule has 102 valence electrons. The zero-order chi connectivity index (χ0) is 13.4. The predicted octanol–water partition coefficient (Wildman–Crippen LogP) is 0.378. The monoisotopic (exact) mass is 248 g/mol. The molecule has 0 aromatic rings. The Labute approximate surface area is 103 Å². The maximum Gasteiger partial charge on any atom is 0.104 e. The number of aliphatic hydroxyl groups excluding tert-OH is 2. The van der Waals surface area contributed by atoms with E-state index >= 15 is 0 Å². The predicted molar refractivity (Wildman–Crippen MR) is 67.0 cm³/mol. The van der Waals surface area contributed by atoms with E-state index < -0.39 is 0 Å². The lowest BCUT2D eigenvalue weighted by atomic mass is 10.5. The highest BCUT2D eigenvalue weighted by Gasteiger charge is 2.21. The molecule has 1 aliphatic rings. The molecular weight excluding hydrogens is 224 g/mol. The first-order chi connectivity index (χ1) is 8.35. The Hall–Kier alpha value is -0.720. The summed E-state index contributed by atoms with van der Waals surface area (Å²) in [6, 6.07) is 0. The number of rotatable bonds is 8. The first-order valence-corrected chi connectivity index (χ1v) is 5.39. The third kappa shape index (κ3) is 21.2. The van der Waals surface area contributed by atoms with E-state index in [0.29, 0.717) is 25.9 Å². The quantitative estimate of drug-likeness (QED) is 0.369. The van der Waals surface area contributed by atoms with Crippen LogP contribution < -0.4 is 0 Å². The summed E-state index contributed by atoms with van der Waals surface area (Å²) >= 11 is 0. The SMILES string of the molecule is C=CCOCC1CO1.C=CCOCCO.CO. The highest BCUT2D eigenvalue weighted by atomic mass is 16.6. The Morgan fingerprint density at radius 2 is 1.76 bits per heavy atom. The largest absolute Gasteiger partial charge is 0.400 e. The molecule has 1 fully saturated rings. The van der Waals surface area contributed by atoms with Crippen LogP contribution in [-0.4, -0.2) is 63.1 Å². The molecule has 0 saturated carbocycles. The van der Waals surface area contributed by atoms with Crippen LogP contribution in [0.25, 0.3) is 0 Å². The summed E-state index contributed by atoms with van der Waals surface area (Å²) in [6.07, 6.45) is 3.77. The molecule has 1 atom stereocenters. The van der Waals surface area contributed by atoms with E-state index in [1.54, 1.807) is 12.2 Å². The van der Waals surface area contributed by atoms with Crippen molar-refractivity contribution in [3.63, 3.8) is 0 Å². The van der Waals surface area contributed by atoms with Gasteiger partial charge in [-0.2, -0.15) is 0 Å². The maximum atomic E-state index is 8.13. The van der Waals surface area contributed by atoms with Crippen molar-refractivity contribution in [3.05, 3.63) is 25.3 Å². The highest BCUT2D eigenvalue weighted by molar-refractivity contribution is 4.70. The van der Waals surface area contributed by atoms with Crippen molar-refractivity contribution in [2.45, 2.75) is 6.10 Å². The average molecular weight is 248 g/mol. The third-order valence-corrected chi connectivity index (χ3v) is 1.41. The molecule has 0 spiro atoms. The van der Waals surface area contributed by atoms with Crippen LogP contribution in [-0.2, 0) is 14.2 Å². The van der Waals surface area contributed by atoms with Gasteiger partial charge in [-0.25, -0.2) is 0 Å². The molecule has 0 aromatic carbocycles. The summed E-state index contributed by atoms with van der Waals surface area (Å²) in [5, 5.41) is 15.1. The van der Waals surface area contributed by atoms with Crippen LogP contribution in [0.15, 0.2) is 25.3 Å². The number of aliphatic hydroxyl groups is 2. The fraction of sp³-hybridized carbons (Fsp3) is 0.667.